The number of rotatable bonds is 6. The van der Waals surface area contributed by atoms with E-state index in [2.05, 4.69) is 18.3 Å². The first-order valence-corrected chi connectivity index (χ1v) is 8.00. The highest BCUT2D eigenvalue weighted by atomic mass is 32.2. The van der Waals surface area contributed by atoms with Gasteiger partial charge in [0.05, 0.1) is 6.61 Å². The van der Waals surface area contributed by atoms with E-state index in [1.165, 1.54) is 5.56 Å². The molecule has 0 fully saturated rings. The Labute approximate surface area is 119 Å². The number of amides is 1. The van der Waals surface area contributed by atoms with Crippen LogP contribution in [0.5, 0.6) is 5.75 Å². The number of fused-ring (bicyclic) bond motifs is 1. The third kappa shape index (κ3) is 4.46. The summed E-state index contributed by atoms with van der Waals surface area (Å²) < 4.78 is 5.71. The second-order valence-electron chi connectivity index (χ2n) is 4.74. The molecule has 104 valence electrons. The predicted molar refractivity (Wildman–Crippen MR) is 79.8 cm³/mol. The van der Waals surface area contributed by atoms with E-state index < -0.39 is 0 Å². The Morgan fingerprint density at radius 2 is 2.32 bits per heavy atom. The van der Waals surface area contributed by atoms with Crippen molar-refractivity contribution in [2.45, 2.75) is 19.8 Å². The van der Waals surface area contributed by atoms with Crippen LogP contribution in [-0.2, 0) is 11.2 Å². The normalized spacial score (nSPS) is 17.4. The molecule has 0 bridgehead atoms. The van der Waals surface area contributed by atoms with Gasteiger partial charge in [-0.15, -0.1) is 0 Å². The second-order valence-corrected chi connectivity index (χ2v) is 6.13. The van der Waals surface area contributed by atoms with E-state index in [9.17, 15) is 4.79 Å². The molecule has 1 aliphatic rings. The van der Waals surface area contributed by atoms with Crippen molar-refractivity contribution in [3.8, 4) is 5.75 Å². The summed E-state index contributed by atoms with van der Waals surface area (Å²) in [4.78, 5) is 11.6. The zero-order valence-corrected chi connectivity index (χ0v) is 12.2. The van der Waals surface area contributed by atoms with Crippen LogP contribution in [0.15, 0.2) is 24.3 Å². The van der Waals surface area contributed by atoms with Crippen molar-refractivity contribution in [3.63, 3.8) is 0 Å². The van der Waals surface area contributed by atoms with Gasteiger partial charge < -0.3 is 10.1 Å². The molecule has 0 unspecified atom stereocenters. The van der Waals surface area contributed by atoms with Gasteiger partial charge in [0.25, 0.3) is 0 Å². The number of hydrogen-bond donors (Lipinski definition) is 1. The first-order valence-electron chi connectivity index (χ1n) is 6.84. The number of benzene rings is 1. The van der Waals surface area contributed by atoms with Crippen LogP contribution >= 0.6 is 11.8 Å². The summed E-state index contributed by atoms with van der Waals surface area (Å²) in [6.45, 7) is 3.52. The molecule has 0 saturated carbocycles. The molecule has 1 heterocycles. The van der Waals surface area contributed by atoms with E-state index in [1.54, 1.807) is 11.8 Å². The van der Waals surface area contributed by atoms with Crippen LogP contribution in [0.2, 0.25) is 0 Å². The number of nitrogens with one attached hydrogen (secondary N) is 1. The molecule has 0 aromatic heterocycles. The summed E-state index contributed by atoms with van der Waals surface area (Å²) in [5.41, 5.74) is 1.24. The van der Waals surface area contributed by atoms with Gasteiger partial charge >= 0.3 is 0 Å². The third-order valence-electron chi connectivity index (χ3n) is 3.22. The van der Waals surface area contributed by atoms with E-state index >= 15 is 0 Å². The maximum Gasteiger partial charge on any atom is 0.220 e. The van der Waals surface area contributed by atoms with E-state index in [-0.39, 0.29) is 5.91 Å². The van der Waals surface area contributed by atoms with Crippen molar-refractivity contribution in [2.24, 2.45) is 5.92 Å². The zero-order valence-electron chi connectivity index (χ0n) is 11.4. The minimum Gasteiger partial charge on any atom is -0.493 e. The maximum absolute atomic E-state index is 11.6. The lowest BCUT2D eigenvalue weighted by atomic mass is 9.97. The molecule has 0 saturated heterocycles. The van der Waals surface area contributed by atoms with Crippen LogP contribution in [0.3, 0.4) is 0 Å². The predicted octanol–water partition coefficient (Wildman–Crippen LogP) is 2.50. The highest BCUT2D eigenvalue weighted by molar-refractivity contribution is 7.99. The van der Waals surface area contributed by atoms with Crippen molar-refractivity contribution in [1.82, 2.24) is 5.32 Å². The van der Waals surface area contributed by atoms with Crippen molar-refractivity contribution in [2.75, 3.05) is 24.7 Å². The molecule has 1 amide bonds. The van der Waals surface area contributed by atoms with Crippen molar-refractivity contribution in [1.29, 1.82) is 0 Å². The van der Waals surface area contributed by atoms with Gasteiger partial charge in [0.1, 0.15) is 5.75 Å². The van der Waals surface area contributed by atoms with Gasteiger partial charge in [0.15, 0.2) is 0 Å². The molecule has 1 aromatic carbocycles. The molecule has 1 N–H and O–H groups in total. The lowest BCUT2D eigenvalue weighted by Crippen LogP contribution is -2.34. The van der Waals surface area contributed by atoms with Gasteiger partial charge in [-0.05, 0) is 23.8 Å². The minimum atomic E-state index is 0.153. The van der Waals surface area contributed by atoms with E-state index in [0.29, 0.717) is 25.5 Å². The first-order chi connectivity index (χ1) is 9.29. The number of carbonyl (C=O) groups is 1. The van der Waals surface area contributed by atoms with Crippen molar-refractivity contribution in [3.05, 3.63) is 29.8 Å². The molecule has 2 rings (SSSR count). The van der Waals surface area contributed by atoms with Crippen LogP contribution in [0.25, 0.3) is 0 Å². The van der Waals surface area contributed by atoms with Crippen LogP contribution in [-0.4, -0.2) is 30.6 Å². The number of thioether (sulfide) groups is 1. The first kappa shape index (κ1) is 14.3. The fourth-order valence-electron chi connectivity index (χ4n) is 2.18. The molecule has 19 heavy (non-hydrogen) atoms. The summed E-state index contributed by atoms with van der Waals surface area (Å²) in [6.07, 6.45) is 1.60. The van der Waals surface area contributed by atoms with Gasteiger partial charge in [-0.1, -0.05) is 25.1 Å². The van der Waals surface area contributed by atoms with Crippen LogP contribution < -0.4 is 10.1 Å². The average molecular weight is 279 g/mol. The standard InChI is InChI=1S/C15H21NO2S/c1-2-19-8-7-15(17)16-10-12-9-13-5-3-4-6-14(13)18-11-12/h3-6,12H,2,7-11H2,1H3,(H,16,17)/t12-/m1/s1. The smallest absolute Gasteiger partial charge is 0.220 e. The lowest BCUT2D eigenvalue weighted by molar-refractivity contribution is -0.120. The Morgan fingerprint density at radius 1 is 1.47 bits per heavy atom. The molecular formula is C15H21NO2S. The van der Waals surface area contributed by atoms with E-state index in [1.807, 2.05) is 18.2 Å². The Hall–Kier alpha value is -1.16. The number of para-hydroxylation sites is 1. The van der Waals surface area contributed by atoms with E-state index in [0.717, 1.165) is 23.7 Å². The minimum absolute atomic E-state index is 0.153. The summed E-state index contributed by atoms with van der Waals surface area (Å²) in [5.74, 6) is 3.51. The Kier molecular flexibility index (Phi) is 5.58. The van der Waals surface area contributed by atoms with E-state index in [4.69, 9.17) is 4.74 Å². The summed E-state index contributed by atoms with van der Waals surface area (Å²) >= 11 is 1.80. The lowest BCUT2D eigenvalue weighted by Gasteiger charge is -2.25. The molecule has 4 heteroatoms. The Bertz CT molecular complexity index is 422. The van der Waals surface area contributed by atoms with Gasteiger partial charge in [-0.3, -0.25) is 4.79 Å². The van der Waals surface area contributed by atoms with Crippen molar-refractivity contribution < 1.29 is 9.53 Å². The van der Waals surface area contributed by atoms with Gasteiger partial charge in [0, 0.05) is 24.6 Å². The topological polar surface area (TPSA) is 38.3 Å². The van der Waals surface area contributed by atoms with Gasteiger partial charge in [-0.25, -0.2) is 0 Å². The molecule has 1 atom stereocenters. The van der Waals surface area contributed by atoms with Crippen molar-refractivity contribution >= 4 is 17.7 Å². The average Bonchev–Trinajstić information content (AvgIpc) is 2.45. The SMILES string of the molecule is CCSCCC(=O)NC[C@@H]1COc2ccccc2C1. The fourth-order valence-corrected chi connectivity index (χ4v) is 2.80. The molecule has 1 aromatic rings. The highest BCUT2D eigenvalue weighted by Crippen LogP contribution is 2.26. The monoisotopic (exact) mass is 279 g/mol. The van der Waals surface area contributed by atoms with Crippen LogP contribution in [0.4, 0.5) is 0 Å². The quantitative estimate of drug-likeness (QED) is 0.813. The summed E-state index contributed by atoms with van der Waals surface area (Å²) in [5, 5.41) is 3.01. The molecule has 0 spiro atoms. The largest absolute Gasteiger partial charge is 0.493 e. The molecule has 0 radical (unpaired) electrons. The molecular weight excluding hydrogens is 258 g/mol. The number of hydrogen-bond acceptors (Lipinski definition) is 3. The van der Waals surface area contributed by atoms with Gasteiger partial charge in [0.2, 0.25) is 5.91 Å². The third-order valence-corrected chi connectivity index (χ3v) is 4.12. The molecule has 1 aliphatic heterocycles. The summed E-state index contributed by atoms with van der Waals surface area (Å²) in [6, 6.07) is 8.13. The fraction of sp³-hybridized carbons (Fsp3) is 0.533. The summed E-state index contributed by atoms with van der Waals surface area (Å²) in [7, 11) is 0. The molecule has 0 aliphatic carbocycles. The molecule has 3 nitrogen and oxygen atoms in total. The maximum atomic E-state index is 11.6. The Balaban J connectivity index is 1.72. The Morgan fingerprint density at radius 3 is 3.16 bits per heavy atom. The highest BCUT2D eigenvalue weighted by Gasteiger charge is 2.19. The zero-order chi connectivity index (χ0) is 13.5. The number of carbonyl (C=O) groups excluding carboxylic acids is 1. The van der Waals surface area contributed by atoms with Gasteiger partial charge in [-0.2, -0.15) is 11.8 Å². The number of ether oxygens (including phenoxy) is 1. The van der Waals surface area contributed by atoms with Crippen LogP contribution in [0, 0.1) is 5.92 Å². The second kappa shape index (κ2) is 7.43. The van der Waals surface area contributed by atoms with Crippen LogP contribution in [0.1, 0.15) is 18.9 Å².